The molecule has 114 valence electrons. The third kappa shape index (κ3) is 4.97. The van der Waals surface area contributed by atoms with Crippen LogP contribution in [0.2, 0.25) is 0 Å². The summed E-state index contributed by atoms with van der Waals surface area (Å²) in [4.78, 5) is 25.7. The largest absolute Gasteiger partial charge is 0.466 e. The van der Waals surface area contributed by atoms with Crippen LogP contribution in [0.15, 0.2) is 30.3 Å². The number of carbonyl (C=O) groups excluding carboxylic acids is 2. The maximum absolute atomic E-state index is 12.0. The van der Waals surface area contributed by atoms with Crippen LogP contribution < -0.4 is 0 Å². The summed E-state index contributed by atoms with van der Waals surface area (Å²) in [5.41, 5.74) is 1.30. The molecule has 0 spiro atoms. The van der Waals surface area contributed by atoms with Crippen molar-refractivity contribution in [3.05, 3.63) is 35.9 Å². The molecule has 0 N–H and O–H groups in total. The summed E-state index contributed by atoms with van der Waals surface area (Å²) in [7, 11) is 0. The highest BCUT2D eigenvalue weighted by Crippen LogP contribution is 2.21. The number of hydrogen-bond acceptors (Lipinski definition) is 4. The lowest BCUT2D eigenvalue weighted by Gasteiger charge is -2.31. The lowest BCUT2D eigenvalue weighted by Crippen LogP contribution is -2.36. The van der Waals surface area contributed by atoms with E-state index in [1.54, 1.807) is 6.92 Å². The predicted octanol–water partition coefficient (Wildman–Crippen LogP) is 2.42. The first-order chi connectivity index (χ1) is 10.2. The van der Waals surface area contributed by atoms with Gasteiger partial charge in [0.25, 0.3) is 0 Å². The number of rotatable bonds is 6. The number of piperidine rings is 1. The summed E-state index contributed by atoms with van der Waals surface area (Å²) >= 11 is 0. The highest BCUT2D eigenvalue weighted by Gasteiger charge is 2.26. The molecule has 2 rings (SSSR count). The minimum Gasteiger partial charge on any atom is -0.466 e. The maximum atomic E-state index is 12.0. The van der Waals surface area contributed by atoms with Gasteiger partial charge in [0.05, 0.1) is 6.61 Å². The molecule has 0 unspecified atom stereocenters. The van der Waals surface area contributed by atoms with Gasteiger partial charge in [-0.3, -0.25) is 14.5 Å². The fourth-order valence-electron chi connectivity index (χ4n) is 2.75. The molecular weight excluding hydrogens is 266 g/mol. The standard InChI is InChI=1S/C17H23NO3/c1-2-21-17(20)12-16(19)15-8-10-18(11-9-15)13-14-6-4-3-5-7-14/h3-7,15H,2,8-13H2,1H3. The van der Waals surface area contributed by atoms with Crippen molar-refractivity contribution in [3.8, 4) is 0 Å². The van der Waals surface area contributed by atoms with Gasteiger partial charge in [0.2, 0.25) is 0 Å². The Bertz CT molecular complexity index is 464. The summed E-state index contributed by atoms with van der Waals surface area (Å²) in [5, 5.41) is 0. The van der Waals surface area contributed by atoms with Gasteiger partial charge < -0.3 is 4.74 Å². The number of ketones is 1. The third-order valence-electron chi connectivity index (χ3n) is 3.92. The molecule has 0 amide bonds. The van der Waals surface area contributed by atoms with E-state index in [0.717, 1.165) is 32.5 Å². The van der Waals surface area contributed by atoms with Gasteiger partial charge in [0.1, 0.15) is 12.2 Å². The van der Waals surface area contributed by atoms with Crippen LogP contribution in [-0.2, 0) is 20.9 Å². The minimum atomic E-state index is -0.394. The molecule has 4 heteroatoms. The third-order valence-corrected chi connectivity index (χ3v) is 3.92. The average Bonchev–Trinajstić information content (AvgIpc) is 2.49. The molecule has 0 aliphatic carbocycles. The molecule has 0 bridgehead atoms. The number of hydrogen-bond donors (Lipinski definition) is 0. The van der Waals surface area contributed by atoms with Crippen molar-refractivity contribution in [1.82, 2.24) is 4.90 Å². The normalized spacial score (nSPS) is 16.6. The molecule has 1 aliphatic rings. The summed E-state index contributed by atoms with van der Waals surface area (Å²) in [6.07, 6.45) is 1.60. The smallest absolute Gasteiger partial charge is 0.313 e. The Morgan fingerprint density at radius 2 is 1.86 bits per heavy atom. The van der Waals surface area contributed by atoms with Crippen LogP contribution in [0.4, 0.5) is 0 Å². The zero-order valence-electron chi connectivity index (χ0n) is 12.6. The van der Waals surface area contributed by atoms with E-state index < -0.39 is 5.97 Å². The Hall–Kier alpha value is -1.68. The second-order valence-corrected chi connectivity index (χ2v) is 5.48. The molecule has 0 atom stereocenters. The van der Waals surface area contributed by atoms with Gasteiger partial charge in [-0.2, -0.15) is 0 Å². The number of ether oxygens (including phenoxy) is 1. The van der Waals surface area contributed by atoms with Gasteiger partial charge in [-0.15, -0.1) is 0 Å². The van der Waals surface area contributed by atoms with E-state index in [4.69, 9.17) is 4.74 Å². The summed E-state index contributed by atoms with van der Waals surface area (Å²) in [6, 6.07) is 10.4. The molecule has 1 aliphatic heterocycles. The van der Waals surface area contributed by atoms with Crippen LogP contribution in [0.1, 0.15) is 31.7 Å². The Kier molecular flexibility index (Phi) is 5.93. The number of carbonyl (C=O) groups is 2. The number of likely N-dealkylation sites (tertiary alicyclic amines) is 1. The minimum absolute atomic E-state index is 0.0152. The van der Waals surface area contributed by atoms with E-state index >= 15 is 0 Å². The van der Waals surface area contributed by atoms with Crippen LogP contribution in [-0.4, -0.2) is 36.3 Å². The first-order valence-corrected chi connectivity index (χ1v) is 7.63. The van der Waals surface area contributed by atoms with Crippen molar-refractivity contribution >= 4 is 11.8 Å². The molecular formula is C17H23NO3. The fraction of sp³-hybridized carbons (Fsp3) is 0.529. The van der Waals surface area contributed by atoms with Gasteiger partial charge in [0.15, 0.2) is 0 Å². The molecule has 21 heavy (non-hydrogen) atoms. The SMILES string of the molecule is CCOC(=O)CC(=O)C1CCN(Cc2ccccc2)CC1. The van der Waals surface area contributed by atoms with Crippen LogP contribution in [0, 0.1) is 5.92 Å². The lowest BCUT2D eigenvalue weighted by atomic mass is 9.91. The number of nitrogens with zero attached hydrogens (tertiary/aromatic N) is 1. The van der Waals surface area contributed by atoms with Crippen LogP contribution in [0.5, 0.6) is 0 Å². The topological polar surface area (TPSA) is 46.6 Å². The van der Waals surface area contributed by atoms with Crippen LogP contribution in [0.3, 0.4) is 0 Å². The molecule has 0 radical (unpaired) electrons. The Labute approximate surface area is 126 Å². The number of benzene rings is 1. The van der Waals surface area contributed by atoms with E-state index in [1.807, 2.05) is 18.2 Å². The van der Waals surface area contributed by atoms with Crippen molar-refractivity contribution in [1.29, 1.82) is 0 Å². The Morgan fingerprint density at radius 3 is 2.48 bits per heavy atom. The lowest BCUT2D eigenvalue weighted by molar-refractivity contribution is -0.146. The van der Waals surface area contributed by atoms with Gasteiger partial charge in [-0.05, 0) is 38.4 Å². The predicted molar refractivity (Wildman–Crippen MR) is 80.7 cm³/mol. The Balaban J connectivity index is 1.75. The molecule has 0 saturated carbocycles. The molecule has 1 aromatic rings. The average molecular weight is 289 g/mol. The zero-order chi connectivity index (χ0) is 15.1. The monoisotopic (exact) mass is 289 g/mol. The van der Waals surface area contributed by atoms with Crippen molar-refractivity contribution in [2.24, 2.45) is 5.92 Å². The van der Waals surface area contributed by atoms with E-state index in [2.05, 4.69) is 17.0 Å². The zero-order valence-corrected chi connectivity index (χ0v) is 12.6. The van der Waals surface area contributed by atoms with Gasteiger partial charge in [-0.25, -0.2) is 0 Å². The van der Waals surface area contributed by atoms with Crippen molar-refractivity contribution in [2.75, 3.05) is 19.7 Å². The molecule has 1 heterocycles. The molecule has 1 saturated heterocycles. The maximum Gasteiger partial charge on any atom is 0.313 e. The van der Waals surface area contributed by atoms with Crippen LogP contribution in [0.25, 0.3) is 0 Å². The number of Topliss-reactive ketones (excluding diaryl/α,β-unsaturated/α-hetero) is 1. The molecule has 1 fully saturated rings. The van der Waals surface area contributed by atoms with E-state index in [-0.39, 0.29) is 18.1 Å². The van der Waals surface area contributed by atoms with E-state index in [9.17, 15) is 9.59 Å². The van der Waals surface area contributed by atoms with E-state index in [0.29, 0.717) is 6.61 Å². The first-order valence-electron chi connectivity index (χ1n) is 7.63. The summed E-state index contributed by atoms with van der Waals surface area (Å²) in [5.74, 6) is -0.344. The van der Waals surface area contributed by atoms with Crippen molar-refractivity contribution in [3.63, 3.8) is 0 Å². The quantitative estimate of drug-likeness (QED) is 0.596. The second-order valence-electron chi connectivity index (χ2n) is 5.48. The highest BCUT2D eigenvalue weighted by molar-refractivity contribution is 5.96. The summed E-state index contributed by atoms with van der Waals surface area (Å²) < 4.78 is 4.83. The molecule has 1 aromatic carbocycles. The van der Waals surface area contributed by atoms with Gasteiger partial charge >= 0.3 is 5.97 Å². The van der Waals surface area contributed by atoms with E-state index in [1.165, 1.54) is 5.56 Å². The molecule has 0 aromatic heterocycles. The second kappa shape index (κ2) is 7.93. The first kappa shape index (κ1) is 15.7. The fourth-order valence-corrected chi connectivity index (χ4v) is 2.75. The highest BCUT2D eigenvalue weighted by atomic mass is 16.5. The van der Waals surface area contributed by atoms with Crippen LogP contribution >= 0.6 is 0 Å². The van der Waals surface area contributed by atoms with Crippen molar-refractivity contribution in [2.45, 2.75) is 32.7 Å². The van der Waals surface area contributed by atoms with Gasteiger partial charge in [0, 0.05) is 12.5 Å². The number of esters is 1. The van der Waals surface area contributed by atoms with Crippen molar-refractivity contribution < 1.29 is 14.3 Å². The Morgan fingerprint density at radius 1 is 1.19 bits per heavy atom. The van der Waals surface area contributed by atoms with Gasteiger partial charge in [-0.1, -0.05) is 30.3 Å². The summed E-state index contributed by atoms with van der Waals surface area (Å²) in [6.45, 7) is 4.84. The molecule has 4 nitrogen and oxygen atoms in total.